The Balaban J connectivity index is 4.13. The molecular formula is C34H69NO4. The number of unbranched alkanes of at least 4 members (excludes halogenated alkanes) is 18. The number of hydrogen-bond acceptors (Lipinski definition) is 5. The van der Waals surface area contributed by atoms with E-state index in [-0.39, 0.29) is 12.1 Å². The molecule has 0 aliphatic heterocycles. The third kappa shape index (κ3) is 30.1. The first-order valence-corrected chi connectivity index (χ1v) is 17.2. The Morgan fingerprint density at radius 1 is 0.564 bits per heavy atom. The van der Waals surface area contributed by atoms with Crippen LogP contribution in [-0.4, -0.2) is 63.5 Å². The third-order valence-corrected chi connectivity index (χ3v) is 7.50. The summed E-state index contributed by atoms with van der Waals surface area (Å²) < 4.78 is 17.6. The Morgan fingerprint density at radius 2 is 1.03 bits per heavy atom. The quantitative estimate of drug-likeness (QED) is 0.0611. The third-order valence-electron chi connectivity index (χ3n) is 7.50. The lowest BCUT2D eigenvalue weighted by atomic mass is 10.1. The molecule has 234 valence electrons. The molecule has 5 heteroatoms. The van der Waals surface area contributed by atoms with Gasteiger partial charge in [-0.05, 0) is 26.3 Å². The lowest BCUT2D eigenvalue weighted by Crippen LogP contribution is -2.37. The molecule has 0 bridgehead atoms. The van der Waals surface area contributed by atoms with Gasteiger partial charge in [-0.2, -0.15) is 0 Å². The van der Waals surface area contributed by atoms with Gasteiger partial charge in [0.05, 0.1) is 13.2 Å². The van der Waals surface area contributed by atoms with Crippen LogP contribution in [0.2, 0.25) is 0 Å². The molecule has 0 spiro atoms. The van der Waals surface area contributed by atoms with Crippen molar-refractivity contribution in [1.29, 1.82) is 0 Å². The van der Waals surface area contributed by atoms with E-state index in [0.29, 0.717) is 19.6 Å². The molecule has 0 aromatic heterocycles. The maximum absolute atomic E-state index is 12.6. The maximum Gasteiger partial charge on any atom is 0.306 e. The SMILES string of the molecule is CCCCCCCCCCCCOCC(CN(C)CCOCCCC)OC(=O)CCCCCCCCCCC. The number of ether oxygens (including phenoxy) is 3. The molecular weight excluding hydrogens is 486 g/mol. The van der Waals surface area contributed by atoms with Crippen LogP contribution >= 0.6 is 0 Å². The summed E-state index contributed by atoms with van der Waals surface area (Å²) >= 11 is 0. The lowest BCUT2D eigenvalue weighted by Gasteiger charge is -2.24. The lowest BCUT2D eigenvalue weighted by molar-refractivity contribution is -0.153. The van der Waals surface area contributed by atoms with E-state index in [4.69, 9.17) is 14.2 Å². The molecule has 0 saturated heterocycles. The van der Waals surface area contributed by atoms with Crippen LogP contribution < -0.4 is 0 Å². The molecule has 0 fully saturated rings. The highest BCUT2D eigenvalue weighted by molar-refractivity contribution is 5.69. The average molecular weight is 556 g/mol. The predicted molar refractivity (Wildman–Crippen MR) is 168 cm³/mol. The summed E-state index contributed by atoms with van der Waals surface area (Å²) in [6.07, 6.45) is 27.1. The molecule has 0 rings (SSSR count). The van der Waals surface area contributed by atoms with E-state index >= 15 is 0 Å². The zero-order chi connectivity index (χ0) is 28.7. The van der Waals surface area contributed by atoms with E-state index in [1.165, 1.54) is 103 Å². The fraction of sp³-hybridized carbons (Fsp3) is 0.971. The fourth-order valence-electron chi connectivity index (χ4n) is 4.86. The molecule has 0 aromatic carbocycles. The van der Waals surface area contributed by atoms with Gasteiger partial charge < -0.3 is 19.1 Å². The van der Waals surface area contributed by atoms with Crippen molar-refractivity contribution in [3.63, 3.8) is 0 Å². The molecule has 0 amide bonds. The molecule has 0 aromatic rings. The van der Waals surface area contributed by atoms with Crippen LogP contribution in [0.25, 0.3) is 0 Å². The minimum Gasteiger partial charge on any atom is -0.459 e. The number of rotatable bonds is 32. The highest BCUT2D eigenvalue weighted by Crippen LogP contribution is 2.13. The molecule has 5 nitrogen and oxygen atoms in total. The summed E-state index contributed by atoms with van der Waals surface area (Å²) in [4.78, 5) is 14.8. The Hall–Kier alpha value is -0.650. The predicted octanol–water partition coefficient (Wildman–Crippen LogP) is 9.51. The van der Waals surface area contributed by atoms with Crippen molar-refractivity contribution < 1.29 is 19.0 Å². The number of carbonyl (C=O) groups is 1. The summed E-state index contributed by atoms with van der Waals surface area (Å²) in [6.45, 7) is 11.0. The molecule has 0 saturated carbocycles. The van der Waals surface area contributed by atoms with Gasteiger partial charge in [-0.25, -0.2) is 0 Å². The summed E-state index contributed by atoms with van der Waals surface area (Å²) in [7, 11) is 2.08. The van der Waals surface area contributed by atoms with Crippen LogP contribution in [0.5, 0.6) is 0 Å². The average Bonchev–Trinajstić information content (AvgIpc) is 2.92. The topological polar surface area (TPSA) is 48.0 Å². The summed E-state index contributed by atoms with van der Waals surface area (Å²) in [6, 6.07) is 0. The Morgan fingerprint density at radius 3 is 1.56 bits per heavy atom. The highest BCUT2D eigenvalue weighted by Gasteiger charge is 2.17. The fourth-order valence-corrected chi connectivity index (χ4v) is 4.86. The van der Waals surface area contributed by atoms with Gasteiger partial charge in [0, 0.05) is 32.7 Å². The van der Waals surface area contributed by atoms with Crippen LogP contribution in [-0.2, 0) is 19.0 Å². The second-order valence-electron chi connectivity index (χ2n) is 11.7. The molecule has 0 heterocycles. The van der Waals surface area contributed by atoms with Gasteiger partial charge >= 0.3 is 5.97 Å². The van der Waals surface area contributed by atoms with Crippen LogP contribution in [0.1, 0.15) is 162 Å². The van der Waals surface area contributed by atoms with Crippen molar-refractivity contribution in [3.8, 4) is 0 Å². The normalized spacial score (nSPS) is 12.3. The van der Waals surface area contributed by atoms with E-state index in [9.17, 15) is 4.79 Å². The first-order chi connectivity index (χ1) is 19.1. The zero-order valence-electron chi connectivity index (χ0n) is 27.0. The molecule has 0 radical (unpaired) electrons. The second kappa shape index (κ2) is 31.9. The van der Waals surface area contributed by atoms with Crippen molar-refractivity contribution in [2.45, 2.75) is 168 Å². The van der Waals surface area contributed by atoms with E-state index in [1.807, 2.05) is 0 Å². The van der Waals surface area contributed by atoms with Gasteiger partial charge in [0.1, 0.15) is 6.10 Å². The number of hydrogen-bond donors (Lipinski definition) is 0. The van der Waals surface area contributed by atoms with Crippen molar-refractivity contribution in [1.82, 2.24) is 4.90 Å². The van der Waals surface area contributed by atoms with Crippen molar-refractivity contribution in [2.24, 2.45) is 0 Å². The number of likely N-dealkylation sites (N-methyl/N-ethyl adjacent to an activating group) is 1. The number of nitrogens with zero attached hydrogens (tertiary/aromatic N) is 1. The minimum absolute atomic E-state index is 0.0712. The van der Waals surface area contributed by atoms with E-state index < -0.39 is 0 Å². The van der Waals surface area contributed by atoms with Crippen LogP contribution in [0.4, 0.5) is 0 Å². The summed E-state index contributed by atoms with van der Waals surface area (Å²) in [5.74, 6) is -0.0712. The van der Waals surface area contributed by atoms with Crippen LogP contribution in [0, 0.1) is 0 Å². The molecule has 0 N–H and O–H groups in total. The van der Waals surface area contributed by atoms with Gasteiger partial charge in [0.2, 0.25) is 0 Å². The van der Waals surface area contributed by atoms with Crippen molar-refractivity contribution >= 4 is 5.97 Å². The zero-order valence-corrected chi connectivity index (χ0v) is 27.0. The Labute approximate surface area is 244 Å². The van der Waals surface area contributed by atoms with Crippen LogP contribution in [0.3, 0.4) is 0 Å². The number of esters is 1. The monoisotopic (exact) mass is 556 g/mol. The standard InChI is InChI=1S/C34H69NO4/c1-5-8-11-13-15-17-19-21-23-25-29-38-32-33(31-35(4)27-30-37-28-10-7-3)39-34(36)26-24-22-20-18-16-14-12-9-6-2/h33H,5-32H2,1-4H3. The Kier molecular flexibility index (Phi) is 31.3. The Bertz CT molecular complexity index is 488. The molecule has 39 heavy (non-hydrogen) atoms. The van der Waals surface area contributed by atoms with E-state index in [2.05, 4.69) is 32.7 Å². The van der Waals surface area contributed by atoms with Gasteiger partial charge in [-0.15, -0.1) is 0 Å². The molecule has 0 aliphatic rings. The summed E-state index contributed by atoms with van der Waals surface area (Å²) in [5.41, 5.74) is 0. The van der Waals surface area contributed by atoms with Crippen LogP contribution in [0.15, 0.2) is 0 Å². The first-order valence-electron chi connectivity index (χ1n) is 17.2. The summed E-state index contributed by atoms with van der Waals surface area (Å²) in [5, 5.41) is 0. The van der Waals surface area contributed by atoms with Crippen molar-refractivity contribution in [2.75, 3.05) is 46.6 Å². The highest BCUT2D eigenvalue weighted by atomic mass is 16.6. The molecule has 1 unspecified atom stereocenters. The van der Waals surface area contributed by atoms with Gasteiger partial charge in [0.15, 0.2) is 0 Å². The maximum atomic E-state index is 12.6. The minimum atomic E-state index is -0.208. The molecule has 1 atom stereocenters. The second-order valence-corrected chi connectivity index (χ2v) is 11.7. The van der Waals surface area contributed by atoms with Gasteiger partial charge in [0.25, 0.3) is 0 Å². The van der Waals surface area contributed by atoms with Gasteiger partial charge in [-0.3, -0.25) is 4.79 Å². The first kappa shape index (κ1) is 38.4. The van der Waals surface area contributed by atoms with E-state index in [1.54, 1.807) is 0 Å². The molecule has 0 aliphatic carbocycles. The van der Waals surface area contributed by atoms with Gasteiger partial charge in [-0.1, -0.05) is 136 Å². The smallest absolute Gasteiger partial charge is 0.306 e. The largest absolute Gasteiger partial charge is 0.459 e. The van der Waals surface area contributed by atoms with Crippen molar-refractivity contribution in [3.05, 3.63) is 0 Å². The number of carbonyl (C=O) groups excluding carboxylic acids is 1. The van der Waals surface area contributed by atoms with E-state index in [0.717, 1.165) is 58.5 Å².